The Kier molecular flexibility index (Phi) is 2.66. The van der Waals surface area contributed by atoms with Crippen molar-refractivity contribution in [2.24, 2.45) is 5.73 Å². The van der Waals surface area contributed by atoms with E-state index in [0.717, 1.165) is 16.5 Å². The summed E-state index contributed by atoms with van der Waals surface area (Å²) in [4.78, 5) is 4.25. The lowest BCUT2D eigenvalue weighted by atomic mass is 9.99. The summed E-state index contributed by atoms with van der Waals surface area (Å²) >= 11 is 0. The quantitative estimate of drug-likeness (QED) is 0.778. The summed E-state index contributed by atoms with van der Waals surface area (Å²) in [6.07, 6.45) is 1.19. The fourth-order valence-corrected chi connectivity index (χ4v) is 1.68. The minimum atomic E-state index is -0.559. The van der Waals surface area contributed by atoms with E-state index in [1.165, 1.54) is 0 Å². The van der Waals surface area contributed by atoms with Gasteiger partial charge in [-0.05, 0) is 24.6 Å². The molecule has 0 bridgehead atoms. The predicted molar refractivity (Wildman–Crippen MR) is 60.4 cm³/mol. The van der Waals surface area contributed by atoms with Crippen LogP contribution in [-0.2, 0) is 0 Å². The van der Waals surface area contributed by atoms with Crippen molar-refractivity contribution in [1.82, 2.24) is 4.98 Å². The Bertz CT molecular complexity index is 463. The predicted octanol–water partition coefficient (Wildman–Crippen LogP) is 1.62. The summed E-state index contributed by atoms with van der Waals surface area (Å²) in [5.74, 6) is 0. The van der Waals surface area contributed by atoms with E-state index in [1.54, 1.807) is 13.1 Å². The third-order valence-corrected chi connectivity index (χ3v) is 2.56. The van der Waals surface area contributed by atoms with E-state index in [0.29, 0.717) is 0 Å². The normalized spacial score (nSPS) is 15.1. The molecule has 0 unspecified atom stereocenters. The number of fused-ring (bicyclic) bond motifs is 1. The molecule has 1 aromatic heterocycles. The maximum atomic E-state index is 9.49. The number of aromatic nitrogens is 1. The lowest BCUT2D eigenvalue weighted by molar-refractivity contribution is 0.165. The maximum absolute atomic E-state index is 9.49. The van der Waals surface area contributed by atoms with Gasteiger partial charge in [-0.15, -0.1) is 0 Å². The number of hydrogen-bond donors (Lipinski definition) is 2. The average Bonchev–Trinajstić information content (AvgIpc) is 2.27. The maximum Gasteiger partial charge on any atom is 0.0705 e. The Morgan fingerprint density at radius 1 is 1.27 bits per heavy atom. The van der Waals surface area contributed by atoms with Crippen molar-refractivity contribution in [3.63, 3.8) is 0 Å². The molecule has 2 aromatic rings. The molecular weight excluding hydrogens is 188 g/mol. The van der Waals surface area contributed by atoms with Gasteiger partial charge in [-0.2, -0.15) is 0 Å². The molecule has 0 spiro atoms. The van der Waals surface area contributed by atoms with Crippen LogP contribution in [0.5, 0.6) is 0 Å². The van der Waals surface area contributed by atoms with Crippen LogP contribution in [0.2, 0.25) is 0 Å². The third-order valence-electron chi connectivity index (χ3n) is 2.56. The molecule has 0 aliphatic heterocycles. The average molecular weight is 202 g/mol. The molecule has 0 saturated carbocycles. The number of rotatable bonds is 2. The van der Waals surface area contributed by atoms with Crippen molar-refractivity contribution in [2.75, 3.05) is 0 Å². The topological polar surface area (TPSA) is 59.1 Å². The molecule has 0 fully saturated rings. The van der Waals surface area contributed by atoms with Gasteiger partial charge >= 0.3 is 0 Å². The van der Waals surface area contributed by atoms with Crippen LogP contribution in [0.15, 0.2) is 36.5 Å². The minimum absolute atomic E-state index is 0.363. The van der Waals surface area contributed by atoms with Crippen molar-refractivity contribution in [2.45, 2.75) is 19.1 Å². The number of pyridine rings is 1. The molecule has 2 atom stereocenters. The Morgan fingerprint density at radius 2 is 2.07 bits per heavy atom. The molecular formula is C12H14N2O. The first-order valence-electron chi connectivity index (χ1n) is 4.97. The highest BCUT2D eigenvalue weighted by atomic mass is 16.3. The molecule has 3 N–H and O–H groups in total. The Labute approximate surface area is 88.6 Å². The molecule has 78 valence electrons. The Morgan fingerprint density at radius 3 is 2.80 bits per heavy atom. The molecule has 0 radical (unpaired) electrons. The fourth-order valence-electron chi connectivity index (χ4n) is 1.68. The van der Waals surface area contributed by atoms with Gasteiger partial charge in [0.15, 0.2) is 0 Å². The van der Waals surface area contributed by atoms with E-state index < -0.39 is 6.10 Å². The fraction of sp³-hybridized carbons (Fsp3) is 0.250. The van der Waals surface area contributed by atoms with Gasteiger partial charge in [0.2, 0.25) is 0 Å². The molecule has 0 saturated heterocycles. The van der Waals surface area contributed by atoms with Crippen LogP contribution in [0, 0.1) is 0 Å². The summed E-state index contributed by atoms with van der Waals surface area (Å²) in [6.45, 7) is 1.69. The third kappa shape index (κ3) is 1.84. The first-order chi connectivity index (χ1) is 7.20. The SMILES string of the molecule is C[C@@H](O)[C@@H](N)c1cccc2ncccc12. The highest BCUT2D eigenvalue weighted by Gasteiger charge is 2.14. The van der Waals surface area contributed by atoms with Crippen LogP contribution in [-0.4, -0.2) is 16.2 Å². The largest absolute Gasteiger partial charge is 0.391 e. The summed E-state index contributed by atoms with van der Waals surface area (Å²) < 4.78 is 0. The molecule has 0 aliphatic rings. The van der Waals surface area contributed by atoms with E-state index in [-0.39, 0.29) is 6.04 Å². The number of nitrogens with zero attached hydrogens (tertiary/aromatic N) is 1. The highest BCUT2D eigenvalue weighted by Crippen LogP contribution is 2.23. The Hall–Kier alpha value is -1.45. The van der Waals surface area contributed by atoms with Gasteiger partial charge in [0, 0.05) is 11.6 Å². The second-order valence-electron chi connectivity index (χ2n) is 3.68. The summed E-state index contributed by atoms with van der Waals surface area (Å²) in [5, 5.41) is 10.5. The van der Waals surface area contributed by atoms with E-state index >= 15 is 0 Å². The van der Waals surface area contributed by atoms with Crippen LogP contribution in [0.3, 0.4) is 0 Å². The van der Waals surface area contributed by atoms with E-state index in [1.807, 2.05) is 30.3 Å². The van der Waals surface area contributed by atoms with Gasteiger partial charge in [-0.3, -0.25) is 4.98 Å². The molecule has 1 aromatic carbocycles. The first kappa shape index (κ1) is 10.1. The molecule has 0 amide bonds. The zero-order chi connectivity index (χ0) is 10.8. The summed E-state index contributed by atoms with van der Waals surface area (Å²) in [7, 11) is 0. The number of aliphatic hydroxyl groups excluding tert-OH is 1. The van der Waals surface area contributed by atoms with Gasteiger partial charge in [-0.1, -0.05) is 18.2 Å². The van der Waals surface area contributed by atoms with Gasteiger partial charge in [0.1, 0.15) is 0 Å². The van der Waals surface area contributed by atoms with Gasteiger partial charge < -0.3 is 10.8 Å². The van der Waals surface area contributed by atoms with Gasteiger partial charge in [0.25, 0.3) is 0 Å². The number of nitrogens with two attached hydrogens (primary N) is 1. The zero-order valence-electron chi connectivity index (χ0n) is 8.59. The first-order valence-corrected chi connectivity index (χ1v) is 4.97. The van der Waals surface area contributed by atoms with Crippen molar-refractivity contribution in [1.29, 1.82) is 0 Å². The van der Waals surface area contributed by atoms with Crippen LogP contribution >= 0.6 is 0 Å². The second-order valence-corrected chi connectivity index (χ2v) is 3.68. The number of hydrogen-bond acceptors (Lipinski definition) is 3. The molecule has 0 aliphatic carbocycles. The van der Waals surface area contributed by atoms with Crippen LogP contribution in [0.25, 0.3) is 10.9 Å². The van der Waals surface area contributed by atoms with E-state index in [9.17, 15) is 5.11 Å². The second kappa shape index (κ2) is 3.96. The van der Waals surface area contributed by atoms with Crippen LogP contribution in [0.1, 0.15) is 18.5 Å². The summed E-state index contributed by atoms with van der Waals surface area (Å²) in [6, 6.07) is 9.26. The standard InChI is InChI=1S/C12H14N2O/c1-8(15)12(13)10-4-2-6-11-9(10)5-3-7-14-11/h2-8,12,15H,13H2,1H3/t8-,12-/m1/s1. The van der Waals surface area contributed by atoms with Crippen molar-refractivity contribution < 1.29 is 5.11 Å². The highest BCUT2D eigenvalue weighted by molar-refractivity contribution is 5.82. The molecule has 1 heterocycles. The minimum Gasteiger partial charge on any atom is -0.391 e. The zero-order valence-corrected chi connectivity index (χ0v) is 8.59. The van der Waals surface area contributed by atoms with E-state index in [4.69, 9.17) is 5.73 Å². The lowest BCUT2D eigenvalue weighted by Gasteiger charge is -2.16. The molecule has 15 heavy (non-hydrogen) atoms. The van der Waals surface area contributed by atoms with Gasteiger partial charge in [0.05, 0.1) is 17.7 Å². The van der Waals surface area contributed by atoms with Crippen LogP contribution < -0.4 is 5.73 Å². The van der Waals surface area contributed by atoms with Crippen molar-refractivity contribution >= 4 is 10.9 Å². The van der Waals surface area contributed by atoms with Gasteiger partial charge in [-0.25, -0.2) is 0 Å². The Balaban J connectivity index is 2.60. The lowest BCUT2D eigenvalue weighted by Crippen LogP contribution is -2.23. The molecule has 2 rings (SSSR count). The number of aliphatic hydroxyl groups is 1. The monoisotopic (exact) mass is 202 g/mol. The molecule has 3 nitrogen and oxygen atoms in total. The summed E-state index contributed by atoms with van der Waals surface area (Å²) in [5.41, 5.74) is 7.77. The number of benzene rings is 1. The smallest absolute Gasteiger partial charge is 0.0705 e. The van der Waals surface area contributed by atoms with E-state index in [2.05, 4.69) is 4.98 Å². The molecule has 3 heteroatoms. The van der Waals surface area contributed by atoms with Crippen molar-refractivity contribution in [3.8, 4) is 0 Å². The van der Waals surface area contributed by atoms with Crippen LogP contribution in [0.4, 0.5) is 0 Å². The van der Waals surface area contributed by atoms with Crippen molar-refractivity contribution in [3.05, 3.63) is 42.1 Å².